The van der Waals surface area contributed by atoms with E-state index in [0.29, 0.717) is 13.0 Å². The Hall–Kier alpha value is -1.10. The zero-order valence-electron chi connectivity index (χ0n) is 10.6. The van der Waals surface area contributed by atoms with E-state index in [9.17, 15) is 9.59 Å². The number of hydrogen-bond donors (Lipinski definition) is 2. The summed E-state index contributed by atoms with van der Waals surface area (Å²) in [5.74, 6) is -0.775. The molecule has 1 fully saturated rings. The van der Waals surface area contributed by atoms with Crippen LogP contribution < -0.4 is 5.73 Å². The van der Waals surface area contributed by atoms with Crippen molar-refractivity contribution in [3.8, 4) is 0 Å². The van der Waals surface area contributed by atoms with Crippen LogP contribution in [0.2, 0.25) is 0 Å². The largest absolute Gasteiger partial charge is 0.481 e. The molecule has 1 rings (SSSR count). The van der Waals surface area contributed by atoms with Gasteiger partial charge in [0.15, 0.2) is 0 Å². The highest BCUT2D eigenvalue weighted by Crippen LogP contribution is 2.38. The lowest BCUT2D eigenvalue weighted by Crippen LogP contribution is -2.48. The number of amides is 1. The number of rotatable bonds is 5. The topological polar surface area (TPSA) is 83.6 Å². The van der Waals surface area contributed by atoms with Gasteiger partial charge in [-0.3, -0.25) is 9.59 Å². The molecule has 5 heteroatoms. The maximum absolute atomic E-state index is 12.3. The lowest BCUT2D eigenvalue weighted by Gasteiger charge is -2.32. The molecular formula is C12H22N2O3. The molecule has 1 aliphatic carbocycles. The molecule has 2 unspecified atom stereocenters. The van der Waals surface area contributed by atoms with Gasteiger partial charge in [0.25, 0.3) is 0 Å². The van der Waals surface area contributed by atoms with Crippen LogP contribution >= 0.6 is 0 Å². The number of nitrogens with two attached hydrogens (primary N) is 1. The Morgan fingerprint density at radius 3 is 2.65 bits per heavy atom. The van der Waals surface area contributed by atoms with E-state index in [1.165, 1.54) is 0 Å². The molecule has 0 aromatic heterocycles. The van der Waals surface area contributed by atoms with E-state index in [4.69, 9.17) is 10.8 Å². The van der Waals surface area contributed by atoms with Crippen molar-refractivity contribution in [2.45, 2.75) is 45.1 Å². The molecule has 0 saturated heterocycles. The first-order chi connectivity index (χ1) is 7.88. The Morgan fingerprint density at radius 1 is 1.53 bits per heavy atom. The SMILES string of the molecule is CN(CCCC(=O)O)C(=O)C1(C)CCCC1N. The van der Waals surface area contributed by atoms with Crippen molar-refractivity contribution in [2.75, 3.05) is 13.6 Å². The van der Waals surface area contributed by atoms with Gasteiger partial charge in [-0.05, 0) is 26.2 Å². The summed E-state index contributed by atoms with van der Waals surface area (Å²) in [6.45, 7) is 2.40. The third kappa shape index (κ3) is 3.19. The van der Waals surface area contributed by atoms with Gasteiger partial charge in [0, 0.05) is 26.1 Å². The summed E-state index contributed by atoms with van der Waals surface area (Å²) >= 11 is 0. The summed E-state index contributed by atoms with van der Waals surface area (Å²) in [4.78, 5) is 24.3. The van der Waals surface area contributed by atoms with Crippen molar-refractivity contribution in [1.82, 2.24) is 4.90 Å². The van der Waals surface area contributed by atoms with Crippen molar-refractivity contribution >= 4 is 11.9 Å². The number of carbonyl (C=O) groups excluding carboxylic acids is 1. The minimum atomic E-state index is -0.824. The van der Waals surface area contributed by atoms with Gasteiger partial charge in [-0.1, -0.05) is 6.42 Å². The molecule has 2 atom stereocenters. The molecule has 0 aliphatic heterocycles. The van der Waals surface area contributed by atoms with Crippen LogP contribution in [0.4, 0.5) is 0 Å². The Kier molecular flexibility index (Phi) is 4.51. The number of aliphatic carboxylic acids is 1. The van der Waals surface area contributed by atoms with Gasteiger partial charge in [0.05, 0.1) is 5.41 Å². The van der Waals surface area contributed by atoms with Crippen LogP contribution in [0.15, 0.2) is 0 Å². The first kappa shape index (κ1) is 14.0. The van der Waals surface area contributed by atoms with Crippen molar-refractivity contribution in [2.24, 2.45) is 11.1 Å². The van der Waals surface area contributed by atoms with E-state index in [0.717, 1.165) is 19.3 Å². The summed E-state index contributed by atoms with van der Waals surface area (Å²) < 4.78 is 0. The van der Waals surface area contributed by atoms with Crippen molar-refractivity contribution in [3.63, 3.8) is 0 Å². The highest BCUT2D eigenvalue weighted by atomic mass is 16.4. The summed E-state index contributed by atoms with van der Waals surface area (Å²) in [5.41, 5.74) is 5.53. The number of hydrogen-bond acceptors (Lipinski definition) is 3. The summed E-state index contributed by atoms with van der Waals surface area (Å²) in [7, 11) is 1.72. The smallest absolute Gasteiger partial charge is 0.303 e. The fourth-order valence-electron chi connectivity index (χ4n) is 2.46. The molecule has 0 radical (unpaired) electrons. The van der Waals surface area contributed by atoms with Crippen molar-refractivity contribution < 1.29 is 14.7 Å². The van der Waals surface area contributed by atoms with Crippen LogP contribution in [0.1, 0.15) is 39.0 Å². The van der Waals surface area contributed by atoms with Crippen LogP contribution in [0.3, 0.4) is 0 Å². The molecular weight excluding hydrogens is 220 g/mol. The van der Waals surface area contributed by atoms with Crippen molar-refractivity contribution in [1.29, 1.82) is 0 Å². The first-order valence-electron chi connectivity index (χ1n) is 6.11. The number of carboxylic acids is 1. The molecule has 0 aromatic rings. The molecule has 5 nitrogen and oxygen atoms in total. The van der Waals surface area contributed by atoms with Gasteiger partial charge < -0.3 is 15.7 Å². The summed E-state index contributed by atoms with van der Waals surface area (Å²) in [6, 6.07) is -0.0723. The van der Waals surface area contributed by atoms with Gasteiger partial charge in [0.2, 0.25) is 5.91 Å². The van der Waals surface area contributed by atoms with Gasteiger partial charge in [-0.2, -0.15) is 0 Å². The minimum Gasteiger partial charge on any atom is -0.481 e. The van der Waals surface area contributed by atoms with Crippen LogP contribution in [-0.4, -0.2) is 41.5 Å². The number of carbonyl (C=O) groups is 2. The third-order valence-corrected chi connectivity index (χ3v) is 3.75. The second kappa shape index (κ2) is 5.49. The van der Waals surface area contributed by atoms with E-state index in [1.54, 1.807) is 11.9 Å². The van der Waals surface area contributed by atoms with Crippen LogP contribution in [0.25, 0.3) is 0 Å². The van der Waals surface area contributed by atoms with Crippen molar-refractivity contribution in [3.05, 3.63) is 0 Å². The number of carboxylic acid groups (broad SMARTS) is 1. The maximum atomic E-state index is 12.3. The van der Waals surface area contributed by atoms with Crippen LogP contribution in [0, 0.1) is 5.41 Å². The summed E-state index contributed by atoms with van der Waals surface area (Å²) in [6.07, 6.45) is 3.30. The van der Waals surface area contributed by atoms with Gasteiger partial charge in [-0.25, -0.2) is 0 Å². The quantitative estimate of drug-likeness (QED) is 0.748. The number of nitrogens with zero attached hydrogens (tertiary/aromatic N) is 1. The minimum absolute atomic E-state index is 0.0490. The standard InChI is InChI=1S/C12H22N2O3/c1-12(7-3-5-9(12)13)11(17)14(2)8-4-6-10(15)16/h9H,3-8,13H2,1-2H3,(H,15,16). The highest BCUT2D eigenvalue weighted by Gasteiger charge is 2.44. The molecule has 0 heterocycles. The molecule has 0 bridgehead atoms. The van der Waals surface area contributed by atoms with E-state index in [2.05, 4.69) is 0 Å². The lowest BCUT2D eigenvalue weighted by molar-refractivity contribution is -0.141. The fraction of sp³-hybridized carbons (Fsp3) is 0.833. The predicted molar refractivity (Wildman–Crippen MR) is 64.4 cm³/mol. The Morgan fingerprint density at radius 2 is 2.18 bits per heavy atom. The second-order valence-electron chi connectivity index (χ2n) is 5.14. The molecule has 0 aromatic carbocycles. The van der Waals surface area contributed by atoms with Gasteiger partial charge >= 0.3 is 5.97 Å². The lowest BCUT2D eigenvalue weighted by atomic mass is 9.83. The Balaban J connectivity index is 2.48. The van der Waals surface area contributed by atoms with Gasteiger partial charge in [-0.15, -0.1) is 0 Å². The third-order valence-electron chi connectivity index (χ3n) is 3.75. The normalized spacial score (nSPS) is 28.1. The van der Waals surface area contributed by atoms with Gasteiger partial charge in [0.1, 0.15) is 0 Å². The Labute approximate surface area is 102 Å². The van der Waals surface area contributed by atoms with Crippen LogP contribution in [0.5, 0.6) is 0 Å². The second-order valence-corrected chi connectivity index (χ2v) is 5.14. The van der Waals surface area contributed by atoms with E-state index in [-0.39, 0.29) is 18.4 Å². The molecule has 1 amide bonds. The van der Waals surface area contributed by atoms with Crippen LogP contribution in [-0.2, 0) is 9.59 Å². The molecule has 3 N–H and O–H groups in total. The average Bonchev–Trinajstić information content (AvgIpc) is 2.58. The molecule has 98 valence electrons. The predicted octanol–water partition coefficient (Wildman–Crippen LogP) is 0.827. The average molecular weight is 242 g/mol. The molecule has 1 aliphatic rings. The van der Waals surface area contributed by atoms with E-state index in [1.807, 2.05) is 6.92 Å². The summed E-state index contributed by atoms with van der Waals surface area (Å²) in [5, 5.41) is 8.55. The monoisotopic (exact) mass is 242 g/mol. The molecule has 17 heavy (non-hydrogen) atoms. The van der Waals surface area contributed by atoms with E-state index >= 15 is 0 Å². The highest BCUT2D eigenvalue weighted by molar-refractivity contribution is 5.83. The van der Waals surface area contributed by atoms with E-state index < -0.39 is 11.4 Å². The molecule has 1 saturated carbocycles. The molecule has 0 spiro atoms. The fourth-order valence-corrected chi connectivity index (χ4v) is 2.46. The maximum Gasteiger partial charge on any atom is 0.303 e. The zero-order chi connectivity index (χ0) is 13.1. The first-order valence-corrected chi connectivity index (χ1v) is 6.11. The zero-order valence-corrected chi connectivity index (χ0v) is 10.6. The Bertz CT molecular complexity index is 306.